The minimum atomic E-state index is 0.0380. The van der Waals surface area contributed by atoms with Crippen LogP contribution in [0.2, 0.25) is 0 Å². The average Bonchev–Trinajstić information content (AvgIpc) is 2.89. The number of ether oxygens (including phenoxy) is 1. The van der Waals surface area contributed by atoms with Crippen molar-refractivity contribution >= 4 is 42.0 Å². The molecule has 0 unspecified atom stereocenters. The second kappa shape index (κ2) is 15.4. The number of ketones is 1. The van der Waals surface area contributed by atoms with Gasteiger partial charge in [-0.3, -0.25) is 14.6 Å². The molecular formula is C29H35N3O3S. The summed E-state index contributed by atoms with van der Waals surface area (Å²) in [4.78, 5) is 26.8. The zero-order chi connectivity index (χ0) is 26.3. The van der Waals surface area contributed by atoms with Gasteiger partial charge in [0.1, 0.15) is 5.75 Å². The average molecular weight is 506 g/mol. The maximum atomic E-state index is 11.5. The van der Waals surface area contributed by atoms with Crippen LogP contribution in [0.1, 0.15) is 37.6 Å². The van der Waals surface area contributed by atoms with Gasteiger partial charge in [-0.25, -0.2) is 0 Å². The first-order valence-corrected chi connectivity index (χ1v) is 12.8. The van der Waals surface area contributed by atoms with Gasteiger partial charge in [0.05, 0.1) is 23.9 Å². The minimum Gasteiger partial charge on any atom is -0.491 e. The Hall–Kier alpha value is -3.58. The Balaban J connectivity index is 0.000000281. The van der Waals surface area contributed by atoms with E-state index in [9.17, 15) is 9.59 Å². The lowest BCUT2D eigenvalue weighted by Crippen LogP contribution is -2.08. The number of hydrogen-bond donors (Lipinski definition) is 2. The summed E-state index contributed by atoms with van der Waals surface area (Å²) in [6, 6.07) is 21.3. The Morgan fingerprint density at radius 3 is 2.50 bits per heavy atom. The second-order valence-corrected chi connectivity index (χ2v) is 9.38. The van der Waals surface area contributed by atoms with Crippen molar-refractivity contribution in [3.05, 3.63) is 72.3 Å². The Morgan fingerprint density at radius 1 is 1.08 bits per heavy atom. The number of amides is 1. The molecule has 0 heterocycles. The summed E-state index contributed by atoms with van der Waals surface area (Å²) in [5.41, 5.74) is 4.46. The van der Waals surface area contributed by atoms with Gasteiger partial charge in [-0.1, -0.05) is 50.2 Å². The van der Waals surface area contributed by atoms with Gasteiger partial charge in [0, 0.05) is 17.5 Å². The van der Waals surface area contributed by atoms with Crippen molar-refractivity contribution in [1.29, 1.82) is 0 Å². The number of hydrogen-bond acceptors (Lipinski definition) is 6. The molecule has 36 heavy (non-hydrogen) atoms. The molecular weight excluding hydrogens is 470 g/mol. The van der Waals surface area contributed by atoms with Crippen LogP contribution in [-0.4, -0.2) is 38.4 Å². The van der Waals surface area contributed by atoms with E-state index in [4.69, 9.17) is 4.74 Å². The van der Waals surface area contributed by atoms with Crippen molar-refractivity contribution in [2.24, 2.45) is 10.9 Å². The summed E-state index contributed by atoms with van der Waals surface area (Å²) in [7, 11) is 1.91. The highest BCUT2D eigenvalue weighted by Gasteiger charge is 2.07. The van der Waals surface area contributed by atoms with Crippen LogP contribution < -0.4 is 15.4 Å². The number of carbonyl (C=O) groups excluding carboxylic acids is 2. The fourth-order valence-corrected chi connectivity index (χ4v) is 4.01. The van der Waals surface area contributed by atoms with E-state index in [-0.39, 0.29) is 5.78 Å². The fraction of sp³-hybridized carbons (Fsp3) is 0.276. The molecule has 0 saturated carbocycles. The Bertz CT molecular complexity index is 1150. The van der Waals surface area contributed by atoms with Gasteiger partial charge < -0.3 is 15.4 Å². The topological polar surface area (TPSA) is 79.8 Å². The summed E-state index contributed by atoms with van der Waals surface area (Å²) in [6.07, 6.45) is 1.76. The van der Waals surface area contributed by atoms with Crippen molar-refractivity contribution in [3.8, 4) is 16.9 Å². The van der Waals surface area contributed by atoms with Crippen molar-refractivity contribution < 1.29 is 14.3 Å². The molecule has 1 amide bonds. The third-order valence-electron chi connectivity index (χ3n) is 5.24. The molecule has 0 atom stereocenters. The lowest BCUT2D eigenvalue weighted by Gasteiger charge is -2.11. The molecule has 0 radical (unpaired) electrons. The smallest absolute Gasteiger partial charge is 0.207 e. The SMILES string of the molecule is C=Nc1ccc(-c2cccc(C(C)=O)c2)cc1SCNC=O.CNc1ccccc1OCCC(C)C. The van der Waals surface area contributed by atoms with Crippen molar-refractivity contribution in [3.63, 3.8) is 0 Å². The maximum absolute atomic E-state index is 11.5. The lowest BCUT2D eigenvalue weighted by atomic mass is 10.0. The van der Waals surface area contributed by atoms with Crippen LogP contribution in [0.15, 0.2) is 76.6 Å². The van der Waals surface area contributed by atoms with E-state index in [1.807, 2.05) is 67.7 Å². The molecule has 0 aliphatic heterocycles. The van der Waals surface area contributed by atoms with E-state index in [0.29, 0.717) is 23.8 Å². The molecule has 0 bridgehead atoms. The van der Waals surface area contributed by atoms with Crippen LogP contribution in [0.4, 0.5) is 11.4 Å². The highest BCUT2D eigenvalue weighted by molar-refractivity contribution is 7.99. The summed E-state index contributed by atoms with van der Waals surface area (Å²) < 4.78 is 5.68. The molecule has 0 aliphatic rings. The van der Waals surface area contributed by atoms with E-state index >= 15 is 0 Å². The normalized spacial score (nSPS) is 10.1. The summed E-state index contributed by atoms with van der Waals surface area (Å²) >= 11 is 1.47. The number of benzene rings is 3. The minimum absolute atomic E-state index is 0.0380. The van der Waals surface area contributed by atoms with Gasteiger partial charge in [0.25, 0.3) is 0 Å². The third-order valence-corrected chi connectivity index (χ3v) is 6.19. The Kier molecular flexibility index (Phi) is 12.3. The van der Waals surface area contributed by atoms with Crippen LogP contribution in [0.3, 0.4) is 0 Å². The van der Waals surface area contributed by atoms with E-state index in [1.165, 1.54) is 11.8 Å². The van der Waals surface area contributed by atoms with Crippen molar-refractivity contribution in [2.75, 3.05) is 24.8 Å². The van der Waals surface area contributed by atoms with Crippen LogP contribution in [-0.2, 0) is 4.79 Å². The molecule has 3 aromatic rings. The zero-order valence-electron chi connectivity index (χ0n) is 21.4. The number of nitrogens with one attached hydrogen (secondary N) is 2. The summed E-state index contributed by atoms with van der Waals surface area (Å²) in [5.74, 6) is 2.13. The number of Topliss-reactive ketones (excluding diaryl/α,β-unsaturated/α-hetero) is 1. The molecule has 0 aliphatic carbocycles. The van der Waals surface area contributed by atoms with E-state index in [2.05, 4.69) is 36.2 Å². The predicted octanol–water partition coefficient (Wildman–Crippen LogP) is 6.84. The zero-order valence-corrected chi connectivity index (χ0v) is 22.2. The number of para-hydroxylation sites is 2. The molecule has 3 aromatic carbocycles. The highest BCUT2D eigenvalue weighted by Crippen LogP contribution is 2.33. The number of thioether (sulfide) groups is 1. The molecule has 0 aromatic heterocycles. The molecule has 0 saturated heterocycles. The van der Waals surface area contributed by atoms with Gasteiger partial charge in [-0.05, 0) is 67.4 Å². The Labute approximate surface area is 218 Å². The van der Waals surface area contributed by atoms with Crippen LogP contribution in [0, 0.1) is 5.92 Å². The maximum Gasteiger partial charge on any atom is 0.207 e. The standard InChI is InChI=1S/C17H16N2O2S.C12H19NO/c1-12(21)13-4-3-5-14(8-13)15-6-7-16(18-2)17(9-15)22-11-19-10-20;1-10(2)8-9-14-12-7-5-4-6-11(12)13-3/h3-10H,2,11H2,1H3,(H,19,20);4-7,10,13H,8-9H2,1-3H3. The molecule has 3 rings (SSSR count). The van der Waals surface area contributed by atoms with E-state index < -0.39 is 0 Å². The van der Waals surface area contributed by atoms with Crippen LogP contribution >= 0.6 is 11.8 Å². The second-order valence-electron chi connectivity index (χ2n) is 8.37. The summed E-state index contributed by atoms with van der Waals surface area (Å²) in [6.45, 7) is 10.3. The monoisotopic (exact) mass is 505 g/mol. The predicted molar refractivity (Wildman–Crippen MR) is 152 cm³/mol. The Morgan fingerprint density at radius 2 is 1.83 bits per heavy atom. The van der Waals surface area contributed by atoms with E-state index in [0.717, 1.165) is 46.2 Å². The van der Waals surface area contributed by atoms with Crippen molar-refractivity contribution in [1.82, 2.24) is 5.32 Å². The molecule has 190 valence electrons. The van der Waals surface area contributed by atoms with Gasteiger partial charge >= 0.3 is 0 Å². The first-order chi connectivity index (χ1) is 17.4. The lowest BCUT2D eigenvalue weighted by molar-refractivity contribution is -0.109. The third kappa shape index (κ3) is 9.23. The number of carbonyl (C=O) groups is 2. The summed E-state index contributed by atoms with van der Waals surface area (Å²) in [5, 5.41) is 5.72. The largest absolute Gasteiger partial charge is 0.491 e. The number of anilines is 1. The first kappa shape index (κ1) is 28.7. The van der Waals surface area contributed by atoms with Gasteiger partial charge in [0.15, 0.2) is 5.78 Å². The number of aliphatic imine (C=N–C) groups is 1. The molecule has 7 heteroatoms. The molecule has 2 N–H and O–H groups in total. The fourth-order valence-electron chi connectivity index (χ4n) is 3.21. The van der Waals surface area contributed by atoms with Crippen LogP contribution in [0.25, 0.3) is 11.1 Å². The van der Waals surface area contributed by atoms with Gasteiger partial charge in [-0.15, -0.1) is 11.8 Å². The molecule has 0 fully saturated rings. The highest BCUT2D eigenvalue weighted by atomic mass is 32.2. The van der Waals surface area contributed by atoms with Gasteiger partial charge in [-0.2, -0.15) is 0 Å². The number of rotatable bonds is 12. The van der Waals surface area contributed by atoms with Gasteiger partial charge in [0.2, 0.25) is 6.41 Å². The molecule has 6 nitrogen and oxygen atoms in total. The quantitative estimate of drug-likeness (QED) is 0.0704. The van der Waals surface area contributed by atoms with E-state index in [1.54, 1.807) is 13.0 Å². The first-order valence-electron chi connectivity index (χ1n) is 11.8. The van der Waals surface area contributed by atoms with Crippen molar-refractivity contribution in [2.45, 2.75) is 32.1 Å². The molecule has 0 spiro atoms. The number of nitrogens with zero attached hydrogens (tertiary/aromatic N) is 1. The van der Waals surface area contributed by atoms with Crippen LogP contribution in [0.5, 0.6) is 5.75 Å².